The predicted molar refractivity (Wildman–Crippen MR) is 95.9 cm³/mol. The summed E-state index contributed by atoms with van der Waals surface area (Å²) in [6, 6.07) is 17.6. The number of hydrogen-bond donors (Lipinski definition) is 2. The first-order chi connectivity index (χ1) is 11.8. The van der Waals surface area contributed by atoms with Gasteiger partial charge in [-0.1, -0.05) is 12.1 Å². The Hall–Kier alpha value is -2.79. The van der Waals surface area contributed by atoms with Gasteiger partial charge in [0, 0.05) is 17.9 Å². The number of hydrogen-bond acceptors (Lipinski definition) is 4. The van der Waals surface area contributed by atoms with Crippen LogP contribution in [0.5, 0.6) is 5.75 Å². The Kier molecular flexibility index (Phi) is 5.13. The molecule has 0 unspecified atom stereocenters. The predicted octanol–water partition coefficient (Wildman–Crippen LogP) is 3.74. The number of nitrogens with one attached hydrogen (secondary N) is 1. The molecule has 5 heteroatoms. The van der Waals surface area contributed by atoms with Crippen LogP contribution in [-0.4, -0.2) is 30.0 Å². The first-order valence-electron chi connectivity index (χ1n) is 7.98. The summed E-state index contributed by atoms with van der Waals surface area (Å²) in [5.74, 6) is 0.828. The SMILES string of the molecule is CCOCCOc1ccc(-c2cc(-c3cccc(N)c3)n[nH]2)cc1. The van der Waals surface area contributed by atoms with Crippen molar-refractivity contribution >= 4 is 5.69 Å². The van der Waals surface area contributed by atoms with Crippen LogP contribution in [-0.2, 0) is 4.74 Å². The number of nitrogen functional groups attached to an aromatic ring is 1. The molecule has 0 spiro atoms. The van der Waals surface area contributed by atoms with Crippen LogP contribution in [0, 0.1) is 0 Å². The summed E-state index contributed by atoms with van der Waals surface area (Å²) >= 11 is 0. The lowest BCUT2D eigenvalue weighted by molar-refractivity contribution is 0.110. The van der Waals surface area contributed by atoms with E-state index in [0.717, 1.165) is 34.0 Å². The summed E-state index contributed by atoms with van der Waals surface area (Å²) < 4.78 is 10.9. The standard InChI is InChI=1S/C19H21N3O2/c1-2-23-10-11-24-17-8-6-14(7-9-17)18-13-19(22-21-18)15-4-3-5-16(20)12-15/h3-9,12-13H,2,10-11,20H2,1H3,(H,21,22). The Labute approximate surface area is 141 Å². The fourth-order valence-corrected chi connectivity index (χ4v) is 2.41. The molecular formula is C19H21N3O2. The van der Waals surface area contributed by atoms with Crippen molar-refractivity contribution in [3.8, 4) is 28.3 Å². The molecule has 0 aliphatic carbocycles. The maximum absolute atomic E-state index is 5.83. The van der Waals surface area contributed by atoms with Crippen molar-refractivity contribution in [2.45, 2.75) is 6.92 Å². The average molecular weight is 323 g/mol. The van der Waals surface area contributed by atoms with Gasteiger partial charge in [0.2, 0.25) is 0 Å². The lowest BCUT2D eigenvalue weighted by Gasteiger charge is -2.06. The highest BCUT2D eigenvalue weighted by molar-refractivity contribution is 5.70. The largest absolute Gasteiger partial charge is 0.491 e. The fourth-order valence-electron chi connectivity index (χ4n) is 2.41. The van der Waals surface area contributed by atoms with Crippen LogP contribution >= 0.6 is 0 Å². The minimum Gasteiger partial charge on any atom is -0.491 e. The number of nitrogens with zero attached hydrogens (tertiary/aromatic N) is 1. The molecule has 0 fully saturated rings. The van der Waals surface area contributed by atoms with Crippen molar-refractivity contribution in [3.05, 3.63) is 54.6 Å². The minimum absolute atomic E-state index is 0.552. The summed E-state index contributed by atoms with van der Waals surface area (Å²) in [6.45, 7) is 3.83. The van der Waals surface area contributed by atoms with Gasteiger partial charge in [-0.25, -0.2) is 0 Å². The minimum atomic E-state index is 0.552. The Morgan fingerprint density at radius 2 is 1.83 bits per heavy atom. The van der Waals surface area contributed by atoms with E-state index in [1.165, 1.54) is 0 Å². The summed E-state index contributed by atoms with van der Waals surface area (Å²) in [6.07, 6.45) is 0. The third kappa shape index (κ3) is 3.94. The molecule has 0 atom stereocenters. The molecule has 0 saturated heterocycles. The number of benzene rings is 2. The number of aromatic nitrogens is 2. The Morgan fingerprint density at radius 3 is 2.58 bits per heavy atom. The van der Waals surface area contributed by atoms with Gasteiger partial charge in [0.1, 0.15) is 12.4 Å². The first-order valence-corrected chi connectivity index (χ1v) is 7.98. The second-order valence-corrected chi connectivity index (χ2v) is 5.36. The maximum atomic E-state index is 5.83. The van der Waals surface area contributed by atoms with E-state index in [2.05, 4.69) is 10.2 Å². The lowest BCUT2D eigenvalue weighted by Crippen LogP contribution is -2.06. The summed E-state index contributed by atoms with van der Waals surface area (Å²) in [7, 11) is 0. The van der Waals surface area contributed by atoms with Gasteiger partial charge in [0.15, 0.2) is 0 Å². The number of rotatable bonds is 7. The summed E-state index contributed by atoms with van der Waals surface area (Å²) in [5.41, 5.74) is 10.4. The third-order valence-corrected chi connectivity index (χ3v) is 3.63. The zero-order valence-electron chi connectivity index (χ0n) is 13.7. The van der Waals surface area contributed by atoms with E-state index in [1.807, 2.05) is 61.5 Å². The monoisotopic (exact) mass is 323 g/mol. The van der Waals surface area contributed by atoms with Gasteiger partial charge >= 0.3 is 0 Å². The second kappa shape index (κ2) is 7.66. The lowest BCUT2D eigenvalue weighted by atomic mass is 10.1. The first kappa shape index (κ1) is 16.1. The van der Waals surface area contributed by atoms with Gasteiger partial charge in [-0.3, -0.25) is 5.10 Å². The maximum Gasteiger partial charge on any atom is 0.119 e. The smallest absolute Gasteiger partial charge is 0.119 e. The van der Waals surface area contributed by atoms with Crippen molar-refractivity contribution < 1.29 is 9.47 Å². The topological polar surface area (TPSA) is 73.2 Å². The molecule has 0 saturated carbocycles. The van der Waals surface area contributed by atoms with Crippen molar-refractivity contribution in [2.75, 3.05) is 25.6 Å². The van der Waals surface area contributed by atoms with Crippen LogP contribution < -0.4 is 10.5 Å². The molecule has 0 aliphatic rings. The molecule has 3 N–H and O–H groups in total. The molecule has 3 rings (SSSR count). The van der Waals surface area contributed by atoms with Crippen molar-refractivity contribution in [1.82, 2.24) is 10.2 Å². The highest BCUT2D eigenvalue weighted by Gasteiger charge is 2.06. The molecule has 0 radical (unpaired) electrons. The molecule has 1 aromatic heterocycles. The number of anilines is 1. The Balaban J connectivity index is 1.69. The zero-order valence-corrected chi connectivity index (χ0v) is 13.7. The van der Waals surface area contributed by atoms with Crippen molar-refractivity contribution in [2.24, 2.45) is 0 Å². The molecule has 3 aromatic rings. The molecular weight excluding hydrogens is 302 g/mol. The van der Waals surface area contributed by atoms with Crippen LogP contribution in [0.4, 0.5) is 5.69 Å². The summed E-state index contributed by atoms with van der Waals surface area (Å²) in [4.78, 5) is 0. The van der Waals surface area contributed by atoms with Crippen LogP contribution in [0.2, 0.25) is 0 Å². The van der Waals surface area contributed by atoms with Gasteiger partial charge in [-0.05, 0) is 55.0 Å². The van der Waals surface area contributed by atoms with Gasteiger partial charge in [-0.2, -0.15) is 5.10 Å². The molecule has 124 valence electrons. The van der Waals surface area contributed by atoms with E-state index in [9.17, 15) is 0 Å². The number of aromatic amines is 1. The molecule has 0 aliphatic heterocycles. The molecule has 0 amide bonds. The van der Waals surface area contributed by atoms with E-state index in [4.69, 9.17) is 15.2 Å². The molecule has 24 heavy (non-hydrogen) atoms. The fraction of sp³-hybridized carbons (Fsp3) is 0.211. The van der Waals surface area contributed by atoms with Crippen molar-refractivity contribution in [3.63, 3.8) is 0 Å². The number of ether oxygens (including phenoxy) is 2. The van der Waals surface area contributed by atoms with Crippen LogP contribution in [0.1, 0.15) is 6.92 Å². The molecule has 2 aromatic carbocycles. The second-order valence-electron chi connectivity index (χ2n) is 5.36. The van der Waals surface area contributed by atoms with Crippen LogP contribution in [0.25, 0.3) is 22.5 Å². The van der Waals surface area contributed by atoms with Crippen LogP contribution in [0.15, 0.2) is 54.6 Å². The van der Waals surface area contributed by atoms with Gasteiger partial charge in [-0.15, -0.1) is 0 Å². The van der Waals surface area contributed by atoms with E-state index >= 15 is 0 Å². The quantitative estimate of drug-likeness (QED) is 0.513. The highest BCUT2D eigenvalue weighted by Crippen LogP contribution is 2.26. The molecule has 5 nitrogen and oxygen atoms in total. The van der Waals surface area contributed by atoms with E-state index in [0.29, 0.717) is 19.8 Å². The average Bonchev–Trinajstić information content (AvgIpc) is 3.09. The van der Waals surface area contributed by atoms with Gasteiger partial charge in [0.25, 0.3) is 0 Å². The summed E-state index contributed by atoms with van der Waals surface area (Å²) in [5, 5.41) is 7.44. The zero-order chi connectivity index (χ0) is 16.8. The third-order valence-electron chi connectivity index (χ3n) is 3.63. The number of H-pyrrole nitrogens is 1. The van der Waals surface area contributed by atoms with Crippen molar-refractivity contribution in [1.29, 1.82) is 0 Å². The van der Waals surface area contributed by atoms with Gasteiger partial charge in [0.05, 0.1) is 18.0 Å². The highest BCUT2D eigenvalue weighted by atomic mass is 16.5. The molecule has 0 bridgehead atoms. The van der Waals surface area contributed by atoms with E-state index in [-0.39, 0.29) is 0 Å². The molecule has 1 heterocycles. The Bertz CT molecular complexity index is 781. The normalized spacial score (nSPS) is 10.7. The van der Waals surface area contributed by atoms with E-state index < -0.39 is 0 Å². The van der Waals surface area contributed by atoms with Gasteiger partial charge < -0.3 is 15.2 Å². The van der Waals surface area contributed by atoms with Crippen LogP contribution in [0.3, 0.4) is 0 Å². The van der Waals surface area contributed by atoms with E-state index in [1.54, 1.807) is 0 Å². The number of nitrogens with two attached hydrogens (primary N) is 1. The Morgan fingerprint density at radius 1 is 1.00 bits per heavy atom.